The van der Waals surface area contributed by atoms with Gasteiger partial charge in [0.25, 0.3) is 0 Å². The van der Waals surface area contributed by atoms with Crippen LogP contribution in [-0.2, 0) is 14.4 Å². The van der Waals surface area contributed by atoms with Gasteiger partial charge in [-0.25, -0.2) is 0 Å². The summed E-state index contributed by atoms with van der Waals surface area (Å²) in [5.74, 6) is -4.00. The molecule has 0 aromatic rings. The molecule has 5 atom stereocenters. The van der Waals surface area contributed by atoms with Crippen molar-refractivity contribution in [3.63, 3.8) is 0 Å². The van der Waals surface area contributed by atoms with Crippen LogP contribution in [0, 0.1) is 28.6 Å². The molecule has 0 aliphatic heterocycles. The highest BCUT2D eigenvalue weighted by Gasteiger charge is 2.81. The molecule has 0 aromatic carbocycles. The van der Waals surface area contributed by atoms with Crippen molar-refractivity contribution < 1.29 is 29.7 Å². The molecule has 0 amide bonds. The number of ketones is 3. The lowest BCUT2D eigenvalue weighted by Crippen LogP contribution is -2.53. The first kappa shape index (κ1) is 20.2. The Hall–Kier alpha value is -1.53. The van der Waals surface area contributed by atoms with Crippen LogP contribution in [0.2, 0.25) is 0 Å². The van der Waals surface area contributed by atoms with E-state index >= 15 is 0 Å². The molecular weight excluding hydrogens is 348 g/mol. The second kappa shape index (κ2) is 5.51. The van der Waals surface area contributed by atoms with Crippen LogP contribution in [-0.4, -0.2) is 43.9 Å². The summed E-state index contributed by atoms with van der Waals surface area (Å²) >= 11 is 0. The smallest absolute Gasteiger partial charge is 0.210 e. The zero-order chi connectivity index (χ0) is 20.7. The zero-order valence-electron chi connectivity index (χ0n) is 16.9. The first-order valence-electron chi connectivity index (χ1n) is 9.69. The Morgan fingerprint density at radius 3 is 2.33 bits per heavy atom. The fraction of sp³-hybridized carbons (Fsp3) is 0.762. The molecule has 0 saturated heterocycles. The highest BCUT2D eigenvalue weighted by Crippen LogP contribution is 2.73. The van der Waals surface area contributed by atoms with Gasteiger partial charge >= 0.3 is 0 Å². The Bertz CT molecular complexity index is 770. The second-order valence-electron chi connectivity index (χ2n) is 9.82. The minimum absolute atomic E-state index is 0.0588. The summed E-state index contributed by atoms with van der Waals surface area (Å²) in [6.07, 6.45) is 0.492. The van der Waals surface area contributed by atoms with Crippen LogP contribution < -0.4 is 0 Å². The Morgan fingerprint density at radius 2 is 1.85 bits per heavy atom. The number of hydrogen-bond donors (Lipinski definition) is 3. The molecule has 0 aromatic heterocycles. The number of carbonyl (C=O) groups is 3. The third-order valence-electron chi connectivity index (χ3n) is 7.73. The van der Waals surface area contributed by atoms with Gasteiger partial charge in [-0.3, -0.25) is 14.4 Å². The van der Waals surface area contributed by atoms with Crippen molar-refractivity contribution in [2.24, 2.45) is 28.6 Å². The van der Waals surface area contributed by atoms with Crippen LogP contribution in [0.4, 0.5) is 0 Å². The van der Waals surface area contributed by atoms with Gasteiger partial charge in [0.15, 0.2) is 17.2 Å². The largest absolute Gasteiger partial charge is 0.511 e. The second-order valence-corrected chi connectivity index (χ2v) is 9.82. The Labute approximate surface area is 159 Å². The van der Waals surface area contributed by atoms with Gasteiger partial charge in [-0.1, -0.05) is 27.7 Å². The molecule has 6 heteroatoms. The van der Waals surface area contributed by atoms with Crippen LogP contribution in [0.5, 0.6) is 0 Å². The fourth-order valence-corrected chi connectivity index (χ4v) is 6.12. The molecule has 0 radical (unpaired) electrons. The summed E-state index contributed by atoms with van der Waals surface area (Å²) in [4.78, 5) is 38.7. The quantitative estimate of drug-likeness (QED) is 0.510. The molecule has 3 N–H and O–H groups in total. The minimum Gasteiger partial charge on any atom is -0.511 e. The summed E-state index contributed by atoms with van der Waals surface area (Å²) in [5, 5.41) is 33.2. The van der Waals surface area contributed by atoms with Gasteiger partial charge in [-0.2, -0.15) is 0 Å². The third-order valence-corrected chi connectivity index (χ3v) is 7.73. The number of hydrogen-bond acceptors (Lipinski definition) is 6. The predicted molar refractivity (Wildman–Crippen MR) is 97.8 cm³/mol. The normalized spacial score (nSPS) is 39.0. The molecule has 3 aliphatic carbocycles. The molecule has 27 heavy (non-hydrogen) atoms. The summed E-state index contributed by atoms with van der Waals surface area (Å²) in [6, 6.07) is 0. The molecule has 3 rings (SSSR count). The maximum Gasteiger partial charge on any atom is 0.210 e. The molecule has 3 aliphatic rings. The summed E-state index contributed by atoms with van der Waals surface area (Å²) in [6.45, 7) is 10.5. The average molecular weight is 378 g/mol. The fourth-order valence-electron chi connectivity index (χ4n) is 6.12. The van der Waals surface area contributed by atoms with E-state index in [4.69, 9.17) is 0 Å². The Balaban J connectivity index is 2.27. The van der Waals surface area contributed by atoms with E-state index in [2.05, 4.69) is 0 Å². The van der Waals surface area contributed by atoms with Crippen LogP contribution >= 0.6 is 0 Å². The summed E-state index contributed by atoms with van der Waals surface area (Å²) in [5.41, 5.74) is -6.14. The zero-order valence-corrected chi connectivity index (χ0v) is 16.9. The summed E-state index contributed by atoms with van der Waals surface area (Å²) in [7, 11) is 0. The highest BCUT2D eigenvalue weighted by atomic mass is 16.3. The lowest BCUT2D eigenvalue weighted by atomic mass is 9.67. The van der Waals surface area contributed by atoms with Crippen LogP contribution in [0.3, 0.4) is 0 Å². The Kier molecular flexibility index (Phi) is 4.12. The predicted octanol–water partition coefficient (Wildman–Crippen LogP) is 2.12. The molecular formula is C21H30O6. The van der Waals surface area contributed by atoms with Gasteiger partial charge in [0.1, 0.15) is 11.3 Å². The summed E-state index contributed by atoms with van der Waals surface area (Å²) < 4.78 is 0. The average Bonchev–Trinajstić information content (AvgIpc) is 3.01. The molecule has 1 unspecified atom stereocenters. The number of rotatable bonds is 4. The van der Waals surface area contributed by atoms with Crippen LogP contribution in [0.25, 0.3) is 0 Å². The number of aliphatic hydroxyl groups excluding tert-OH is 1. The van der Waals surface area contributed by atoms with Gasteiger partial charge < -0.3 is 15.3 Å². The van der Waals surface area contributed by atoms with Gasteiger partial charge in [0, 0.05) is 12.3 Å². The monoisotopic (exact) mass is 378 g/mol. The van der Waals surface area contributed by atoms with Gasteiger partial charge in [0.05, 0.1) is 11.0 Å². The molecule has 2 fully saturated rings. The van der Waals surface area contributed by atoms with E-state index in [0.29, 0.717) is 6.42 Å². The van der Waals surface area contributed by atoms with E-state index in [1.807, 2.05) is 13.8 Å². The third kappa shape index (κ3) is 2.11. The maximum atomic E-state index is 13.1. The van der Waals surface area contributed by atoms with Crippen molar-refractivity contribution in [1.29, 1.82) is 0 Å². The SMILES string of the molecule is CCC(C)C(=O)C1=C(O)[C@@]23C[C@H](C(C)(C)O)C(C)(C)[C@@H]2CC(=O)[C@@]3(O)C1=O. The van der Waals surface area contributed by atoms with Crippen LogP contribution in [0.1, 0.15) is 60.8 Å². The molecule has 0 heterocycles. The van der Waals surface area contributed by atoms with Crippen molar-refractivity contribution >= 4 is 17.3 Å². The molecule has 2 saturated carbocycles. The van der Waals surface area contributed by atoms with Crippen molar-refractivity contribution in [2.75, 3.05) is 0 Å². The van der Waals surface area contributed by atoms with Gasteiger partial charge in [-0.05, 0) is 43.9 Å². The molecule has 0 bridgehead atoms. The van der Waals surface area contributed by atoms with E-state index in [0.717, 1.165) is 0 Å². The van der Waals surface area contributed by atoms with E-state index < -0.39 is 62.5 Å². The topological polar surface area (TPSA) is 112 Å². The maximum absolute atomic E-state index is 13.1. The first-order valence-corrected chi connectivity index (χ1v) is 9.69. The van der Waals surface area contributed by atoms with Crippen molar-refractivity contribution in [2.45, 2.75) is 72.0 Å². The minimum atomic E-state index is -2.42. The van der Waals surface area contributed by atoms with Gasteiger partial charge in [0.2, 0.25) is 5.78 Å². The lowest BCUT2D eigenvalue weighted by molar-refractivity contribution is -0.154. The highest BCUT2D eigenvalue weighted by molar-refractivity contribution is 6.33. The van der Waals surface area contributed by atoms with Gasteiger partial charge in [-0.15, -0.1) is 0 Å². The first-order chi connectivity index (χ1) is 12.2. The number of aliphatic hydroxyl groups is 3. The Morgan fingerprint density at radius 1 is 1.30 bits per heavy atom. The molecule has 6 nitrogen and oxygen atoms in total. The lowest BCUT2D eigenvalue weighted by Gasteiger charge is -2.39. The van der Waals surface area contributed by atoms with Crippen LogP contribution in [0.15, 0.2) is 11.3 Å². The van der Waals surface area contributed by atoms with E-state index in [-0.39, 0.29) is 18.8 Å². The van der Waals surface area contributed by atoms with E-state index in [9.17, 15) is 29.7 Å². The van der Waals surface area contributed by atoms with E-state index in [1.54, 1.807) is 27.7 Å². The number of carbonyl (C=O) groups excluding carboxylic acids is 3. The standard InChI is InChI=1S/C21H30O6/c1-7-10(2)15(23)14-16(24)20-9-12(19(5,6)26)18(3,4)11(20)8-13(22)21(20,27)17(14)25/h10-12,24,26-27H,7-9H2,1-6H3/t10?,11-,12-,20+,21+/m0/s1. The molecule has 1 spiro atoms. The molecule has 150 valence electrons. The number of Topliss-reactive ketones (excluding diaryl/α,β-unsaturated/α-hetero) is 3. The van der Waals surface area contributed by atoms with Crippen molar-refractivity contribution in [1.82, 2.24) is 0 Å². The van der Waals surface area contributed by atoms with E-state index in [1.165, 1.54) is 0 Å². The van der Waals surface area contributed by atoms with Crippen molar-refractivity contribution in [3.05, 3.63) is 11.3 Å². The van der Waals surface area contributed by atoms with Crippen molar-refractivity contribution in [3.8, 4) is 0 Å².